The van der Waals surface area contributed by atoms with Crippen molar-refractivity contribution in [1.82, 2.24) is 19.8 Å². The third kappa shape index (κ3) is 4.87. The van der Waals surface area contributed by atoms with Gasteiger partial charge in [-0.2, -0.15) is 4.98 Å². The second-order valence-electron chi connectivity index (χ2n) is 7.21. The molecule has 4 aromatic rings. The fraction of sp³-hybridized carbons (Fsp3) is 0.273. The number of nitrogens with zero attached hydrogens (tertiary/aromatic N) is 4. The lowest BCUT2D eigenvalue weighted by Gasteiger charge is -2.33. The van der Waals surface area contributed by atoms with Crippen LogP contribution in [0.4, 0.5) is 0 Å². The summed E-state index contributed by atoms with van der Waals surface area (Å²) in [7, 11) is 0. The van der Waals surface area contributed by atoms with Gasteiger partial charge in [-0.15, -0.1) is 0 Å². The molecule has 0 saturated carbocycles. The highest BCUT2D eigenvalue weighted by Gasteiger charge is 2.20. The van der Waals surface area contributed by atoms with Gasteiger partial charge in [-0.1, -0.05) is 11.3 Å². The van der Waals surface area contributed by atoms with Crippen LogP contribution >= 0.6 is 11.3 Å². The highest BCUT2D eigenvalue weighted by molar-refractivity contribution is 7.20. The molecule has 9 nitrogen and oxygen atoms in total. The van der Waals surface area contributed by atoms with E-state index in [1.54, 1.807) is 13.1 Å². The first kappa shape index (κ1) is 21.7. The first-order chi connectivity index (χ1) is 15.6. The van der Waals surface area contributed by atoms with Crippen molar-refractivity contribution in [3.8, 4) is 10.9 Å². The van der Waals surface area contributed by atoms with Gasteiger partial charge >= 0.3 is 0 Å². The van der Waals surface area contributed by atoms with Gasteiger partial charge in [0.15, 0.2) is 5.65 Å². The van der Waals surface area contributed by atoms with Gasteiger partial charge in [-0.25, -0.2) is 4.98 Å². The molecule has 0 aliphatic carbocycles. The number of hydrogen-bond donors (Lipinski definition) is 1. The van der Waals surface area contributed by atoms with E-state index >= 15 is 0 Å². The van der Waals surface area contributed by atoms with Crippen molar-refractivity contribution in [3.63, 3.8) is 0 Å². The normalized spacial score (nSPS) is 14.2. The molecule has 1 amide bonds. The Balaban J connectivity index is 0.000000775. The summed E-state index contributed by atoms with van der Waals surface area (Å²) in [5.74, 6) is 0.836. The van der Waals surface area contributed by atoms with E-state index in [4.69, 9.17) is 19.1 Å². The molecule has 32 heavy (non-hydrogen) atoms. The molecule has 1 saturated heterocycles. The van der Waals surface area contributed by atoms with Crippen molar-refractivity contribution in [2.24, 2.45) is 0 Å². The number of carbonyl (C=O) groups is 2. The number of rotatable bonds is 4. The van der Waals surface area contributed by atoms with Gasteiger partial charge in [-0.05, 0) is 24.3 Å². The molecule has 5 rings (SSSR count). The van der Waals surface area contributed by atoms with Crippen LogP contribution in [0.25, 0.3) is 21.3 Å². The van der Waals surface area contributed by atoms with Gasteiger partial charge in [0.05, 0.1) is 11.0 Å². The predicted octanol–water partition coefficient (Wildman–Crippen LogP) is 3.59. The molecule has 1 aromatic carbocycles. The third-order valence-electron chi connectivity index (χ3n) is 5.19. The molecule has 0 radical (unpaired) electrons. The van der Waals surface area contributed by atoms with Crippen LogP contribution in [0, 0.1) is 0 Å². The molecule has 1 N–H and O–H groups in total. The number of thiazole rings is 1. The van der Waals surface area contributed by atoms with Crippen LogP contribution in [0.15, 0.2) is 47.2 Å². The zero-order valence-corrected chi connectivity index (χ0v) is 18.2. The number of fused-ring (bicyclic) bond motifs is 2. The average Bonchev–Trinajstić information content (AvgIpc) is 3.38. The van der Waals surface area contributed by atoms with E-state index in [9.17, 15) is 4.79 Å². The second kappa shape index (κ2) is 9.75. The van der Waals surface area contributed by atoms with Crippen LogP contribution in [0.5, 0.6) is 10.9 Å². The molecular formula is C22H22N4O5S. The average molecular weight is 455 g/mol. The van der Waals surface area contributed by atoms with Gasteiger partial charge in [0.2, 0.25) is 5.91 Å². The fourth-order valence-electron chi connectivity index (χ4n) is 3.60. The molecule has 166 valence electrons. The number of carboxylic acid groups (broad SMARTS) is 1. The zero-order chi connectivity index (χ0) is 22.5. The lowest BCUT2D eigenvalue weighted by Crippen LogP contribution is -2.47. The van der Waals surface area contributed by atoms with Crippen LogP contribution in [0.2, 0.25) is 0 Å². The van der Waals surface area contributed by atoms with Crippen molar-refractivity contribution in [2.75, 3.05) is 26.2 Å². The minimum absolute atomic E-state index is 0.148. The second-order valence-corrected chi connectivity index (χ2v) is 8.21. The van der Waals surface area contributed by atoms with E-state index < -0.39 is 0 Å². The predicted molar refractivity (Wildman–Crippen MR) is 120 cm³/mol. The lowest BCUT2D eigenvalue weighted by atomic mass is 10.1. The number of benzene rings is 1. The smallest absolute Gasteiger partial charge is 0.290 e. The highest BCUT2D eigenvalue weighted by atomic mass is 32.1. The van der Waals surface area contributed by atoms with Crippen LogP contribution in [-0.4, -0.2) is 63.4 Å². The molecule has 1 fully saturated rings. The Labute approximate surface area is 187 Å². The summed E-state index contributed by atoms with van der Waals surface area (Å²) in [5.41, 5.74) is 2.63. The monoisotopic (exact) mass is 454 g/mol. The van der Waals surface area contributed by atoms with Crippen LogP contribution in [-0.2, 0) is 16.1 Å². The van der Waals surface area contributed by atoms with Gasteiger partial charge in [0, 0.05) is 62.9 Å². The molecule has 4 heterocycles. The summed E-state index contributed by atoms with van der Waals surface area (Å²) < 4.78 is 12.7. The third-order valence-corrected chi connectivity index (χ3v) is 6.08. The van der Waals surface area contributed by atoms with E-state index in [0.717, 1.165) is 54.0 Å². The summed E-state index contributed by atoms with van der Waals surface area (Å²) in [5, 5.41) is 8.53. The van der Waals surface area contributed by atoms with Crippen LogP contribution in [0.3, 0.4) is 0 Å². The minimum Gasteiger partial charge on any atom is -0.483 e. The van der Waals surface area contributed by atoms with Crippen LogP contribution < -0.4 is 4.74 Å². The first-order valence-corrected chi connectivity index (χ1v) is 10.8. The molecule has 0 unspecified atom stereocenters. The molecular weight excluding hydrogens is 432 g/mol. The summed E-state index contributed by atoms with van der Waals surface area (Å²) >= 11 is 1.47. The maximum absolute atomic E-state index is 11.5. The molecule has 0 atom stereocenters. The Morgan fingerprint density at radius 2 is 2.06 bits per heavy atom. The minimum atomic E-state index is -0.250. The standard InChI is InChI=1S/C21H20N4O3S.CH2O2/c1-14(26)25-9-7-24(8-10-25)12-15-13-27-18-11-16(4-5-17(15)18)28-21-23-20-19(29-21)3-2-6-22-20;2-1-3/h2-6,11,13H,7-10,12H2,1H3;1H,(H,2,3). The number of carbonyl (C=O) groups excluding carboxylic acids is 1. The molecule has 0 bridgehead atoms. The lowest BCUT2D eigenvalue weighted by molar-refractivity contribution is -0.130. The molecule has 3 aromatic heterocycles. The number of pyridine rings is 1. The first-order valence-electron chi connectivity index (χ1n) is 10.0. The van der Waals surface area contributed by atoms with Gasteiger partial charge < -0.3 is 19.2 Å². The number of ether oxygens (including phenoxy) is 1. The number of piperazine rings is 1. The Hall–Kier alpha value is -3.50. The van der Waals surface area contributed by atoms with Crippen molar-refractivity contribution < 1.29 is 23.8 Å². The van der Waals surface area contributed by atoms with E-state index in [-0.39, 0.29) is 12.4 Å². The van der Waals surface area contributed by atoms with Crippen molar-refractivity contribution >= 4 is 45.0 Å². The maximum Gasteiger partial charge on any atom is 0.290 e. The fourth-order valence-corrected chi connectivity index (χ4v) is 4.40. The maximum atomic E-state index is 11.5. The van der Waals surface area contributed by atoms with E-state index in [2.05, 4.69) is 14.9 Å². The number of amides is 1. The Bertz CT molecular complexity index is 1200. The SMILES string of the molecule is CC(=O)N1CCN(Cc2coc3cc(Oc4nc5ncccc5s4)ccc23)CC1.O=CO. The van der Waals surface area contributed by atoms with Gasteiger partial charge in [0.1, 0.15) is 11.3 Å². The molecule has 0 spiro atoms. The van der Waals surface area contributed by atoms with E-state index in [1.165, 1.54) is 11.3 Å². The summed E-state index contributed by atoms with van der Waals surface area (Å²) in [6.07, 6.45) is 3.54. The van der Waals surface area contributed by atoms with Crippen LogP contribution in [0.1, 0.15) is 12.5 Å². The summed E-state index contributed by atoms with van der Waals surface area (Å²) in [6, 6.07) is 9.73. The molecule has 10 heteroatoms. The highest BCUT2D eigenvalue weighted by Crippen LogP contribution is 2.33. The number of furan rings is 1. The molecule has 1 aliphatic heterocycles. The largest absolute Gasteiger partial charge is 0.483 e. The zero-order valence-electron chi connectivity index (χ0n) is 17.4. The topological polar surface area (TPSA) is 109 Å². The van der Waals surface area contributed by atoms with Crippen molar-refractivity contribution in [1.29, 1.82) is 0 Å². The van der Waals surface area contributed by atoms with Gasteiger partial charge in [0.25, 0.3) is 11.7 Å². The van der Waals surface area contributed by atoms with Gasteiger partial charge in [-0.3, -0.25) is 14.5 Å². The Morgan fingerprint density at radius 1 is 1.28 bits per heavy atom. The van der Waals surface area contributed by atoms with E-state index in [1.807, 2.05) is 41.5 Å². The Kier molecular flexibility index (Phi) is 6.62. The van der Waals surface area contributed by atoms with E-state index in [0.29, 0.717) is 16.6 Å². The van der Waals surface area contributed by atoms with Crippen molar-refractivity contribution in [3.05, 3.63) is 48.4 Å². The number of hydrogen-bond acceptors (Lipinski definition) is 8. The summed E-state index contributed by atoms with van der Waals surface area (Å²) in [6.45, 7) is 5.49. The Morgan fingerprint density at radius 3 is 2.78 bits per heavy atom. The molecule has 1 aliphatic rings. The van der Waals surface area contributed by atoms with Crippen molar-refractivity contribution in [2.45, 2.75) is 13.5 Å². The number of aromatic nitrogens is 2. The summed E-state index contributed by atoms with van der Waals surface area (Å²) in [4.78, 5) is 32.7. The quantitative estimate of drug-likeness (QED) is 0.466.